The van der Waals surface area contributed by atoms with Crippen LogP contribution in [0.1, 0.15) is 18.5 Å². The van der Waals surface area contributed by atoms with Crippen molar-refractivity contribution >= 4 is 32.4 Å². The lowest BCUT2D eigenvalue weighted by Crippen LogP contribution is -2.05. The lowest BCUT2D eigenvalue weighted by atomic mass is 10.2. The fourth-order valence-corrected chi connectivity index (χ4v) is 3.19. The molecule has 3 aromatic rings. The Labute approximate surface area is 139 Å². The van der Waals surface area contributed by atoms with Crippen LogP contribution in [0.25, 0.3) is 10.6 Å². The third-order valence-corrected chi connectivity index (χ3v) is 4.53. The van der Waals surface area contributed by atoms with E-state index in [0.29, 0.717) is 15.7 Å². The number of hydrogen-bond donors (Lipinski definition) is 1. The van der Waals surface area contributed by atoms with Crippen molar-refractivity contribution in [2.75, 3.05) is 5.32 Å². The van der Waals surface area contributed by atoms with Crippen molar-refractivity contribution < 1.29 is 4.39 Å². The molecule has 0 amide bonds. The van der Waals surface area contributed by atoms with Gasteiger partial charge < -0.3 is 5.32 Å². The van der Waals surface area contributed by atoms with Gasteiger partial charge in [0.1, 0.15) is 5.82 Å². The van der Waals surface area contributed by atoms with Gasteiger partial charge in [-0.25, -0.2) is 4.39 Å². The molecule has 3 rings (SSSR count). The molecular formula is C14H13BrFN5S. The summed E-state index contributed by atoms with van der Waals surface area (Å²) in [6.07, 6.45) is 3.74. The number of benzene rings is 1. The standard InChI is InChI=1S/C14H13BrFN5S/c1-8(9-6-17-21(2)7-9)18-14-20-19-13(22-14)11-5-10(15)3-4-12(11)16/h3-8H,1-2H3,(H,18,20). The summed E-state index contributed by atoms with van der Waals surface area (Å²) in [4.78, 5) is 0. The van der Waals surface area contributed by atoms with Crippen molar-refractivity contribution in [3.05, 3.63) is 46.4 Å². The van der Waals surface area contributed by atoms with E-state index in [1.54, 1.807) is 23.0 Å². The molecule has 1 N–H and O–H groups in total. The van der Waals surface area contributed by atoms with Crippen LogP contribution in [-0.4, -0.2) is 20.0 Å². The number of hydrogen-bond acceptors (Lipinski definition) is 5. The van der Waals surface area contributed by atoms with Gasteiger partial charge >= 0.3 is 0 Å². The summed E-state index contributed by atoms with van der Waals surface area (Å²) in [5, 5.41) is 16.7. The fourth-order valence-electron chi connectivity index (χ4n) is 1.98. The van der Waals surface area contributed by atoms with Gasteiger partial charge in [-0.15, -0.1) is 10.2 Å². The van der Waals surface area contributed by atoms with E-state index in [2.05, 4.69) is 36.5 Å². The Bertz CT molecular complexity index is 800. The Balaban J connectivity index is 1.80. The van der Waals surface area contributed by atoms with Gasteiger partial charge in [-0.3, -0.25) is 4.68 Å². The SMILES string of the molecule is CC(Nc1nnc(-c2cc(Br)ccc2F)s1)c1cnn(C)c1. The minimum atomic E-state index is -0.314. The molecule has 0 saturated carbocycles. The summed E-state index contributed by atoms with van der Waals surface area (Å²) in [5.41, 5.74) is 1.49. The van der Waals surface area contributed by atoms with Crippen LogP contribution < -0.4 is 5.32 Å². The van der Waals surface area contributed by atoms with Crippen molar-refractivity contribution in [1.82, 2.24) is 20.0 Å². The zero-order valence-corrected chi connectivity index (χ0v) is 14.3. The first-order valence-electron chi connectivity index (χ1n) is 6.57. The van der Waals surface area contributed by atoms with Crippen molar-refractivity contribution in [3.63, 3.8) is 0 Å². The molecule has 0 saturated heterocycles. The normalized spacial score (nSPS) is 12.4. The molecule has 0 radical (unpaired) electrons. The third kappa shape index (κ3) is 3.17. The fraction of sp³-hybridized carbons (Fsp3) is 0.214. The average molecular weight is 382 g/mol. The Hall–Kier alpha value is -1.80. The summed E-state index contributed by atoms with van der Waals surface area (Å²) in [5.74, 6) is -0.314. The second-order valence-corrected chi connectivity index (χ2v) is 6.74. The number of nitrogens with one attached hydrogen (secondary N) is 1. The van der Waals surface area contributed by atoms with E-state index < -0.39 is 0 Å². The molecule has 0 aliphatic rings. The second-order valence-electron chi connectivity index (χ2n) is 4.85. The number of rotatable bonds is 4. The maximum Gasteiger partial charge on any atom is 0.206 e. The van der Waals surface area contributed by atoms with Gasteiger partial charge in [-0.1, -0.05) is 27.3 Å². The molecule has 22 heavy (non-hydrogen) atoms. The van der Waals surface area contributed by atoms with E-state index in [9.17, 15) is 4.39 Å². The smallest absolute Gasteiger partial charge is 0.206 e. The molecule has 1 atom stereocenters. The molecule has 8 heteroatoms. The predicted octanol–water partition coefficient (Wildman–Crippen LogP) is 4.01. The Morgan fingerprint density at radius 3 is 2.91 bits per heavy atom. The molecular weight excluding hydrogens is 369 g/mol. The summed E-state index contributed by atoms with van der Waals surface area (Å²) in [6.45, 7) is 2.01. The van der Waals surface area contributed by atoms with Crippen LogP contribution in [0.15, 0.2) is 35.1 Å². The van der Waals surface area contributed by atoms with Gasteiger partial charge in [-0.2, -0.15) is 5.10 Å². The van der Waals surface area contributed by atoms with E-state index in [1.165, 1.54) is 17.4 Å². The third-order valence-electron chi connectivity index (χ3n) is 3.15. The highest BCUT2D eigenvalue weighted by molar-refractivity contribution is 9.10. The van der Waals surface area contributed by atoms with E-state index in [0.717, 1.165) is 10.0 Å². The molecule has 0 spiro atoms. The van der Waals surface area contributed by atoms with E-state index >= 15 is 0 Å². The highest BCUT2D eigenvalue weighted by Gasteiger charge is 2.14. The van der Waals surface area contributed by atoms with Gasteiger partial charge in [0.25, 0.3) is 0 Å². The summed E-state index contributed by atoms with van der Waals surface area (Å²) in [6, 6.07) is 4.81. The minimum absolute atomic E-state index is 0.0434. The second kappa shape index (κ2) is 6.13. The van der Waals surface area contributed by atoms with E-state index in [4.69, 9.17) is 0 Å². The molecule has 2 heterocycles. The van der Waals surface area contributed by atoms with Crippen LogP contribution in [0, 0.1) is 5.82 Å². The van der Waals surface area contributed by atoms with Gasteiger partial charge in [0, 0.05) is 28.8 Å². The number of aryl methyl sites for hydroxylation is 1. The quantitative estimate of drug-likeness (QED) is 0.741. The summed E-state index contributed by atoms with van der Waals surface area (Å²) >= 11 is 4.66. The topological polar surface area (TPSA) is 55.6 Å². The van der Waals surface area contributed by atoms with Crippen LogP contribution in [0.3, 0.4) is 0 Å². The lowest BCUT2D eigenvalue weighted by molar-refractivity contribution is 0.630. The molecule has 0 fully saturated rings. The van der Waals surface area contributed by atoms with Crippen molar-refractivity contribution in [2.45, 2.75) is 13.0 Å². The van der Waals surface area contributed by atoms with E-state index in [-0.39, 0.29) is 11.9 Å². The molecule has 0 aliphatic heterocycles. The molecule has 114 valence electrons. The summed E-state index contributed by atoms with van der Waals surface area (Å²) < 4.78 is 16.4. The Morgan fingerprint density at radius 2 is 2.18 bits per heavy atom. The maximum atomic E-state index is 13.9. The molecule has 0 aliphatic carbocycles. The molecule has 2 aromatic heterocycles. The highest BCUT2D eigenvalue weighted by Crippen LogP contribution is 2.31. The zero-order chi connectivity index (χ0) is 15.7. The molecule has 5 nitrogen and oxygen atoms in total. The van der Waals surface area contributed by atoms with Gasteiger partial charge in [0.2, 0.25) is 5.13 Å². The van der Waals surface area contributed by atoms with Gasteiger partial charge in [0.15, 0.2) is 5.01 Å². The molecule has 1 unspecified atom stereocenters. The number of aromatic nitrogens is 4. The number of halogens is 2. The zero-order valence-electron chi connectivity index (χ0n) is 11.9. The van der Waals surface area contributed by atoms with Gasteiger partial charge in [-0.05, 0) is 25.1 Å². The van der Waals surface area contributed by atoms with Crippen LogP contribution in [0.4, 0.5) is 9.52 Å². The van der Waals surface area contributed by atoms with Crippen LogP contribution in [0.2, 0.25) is 0 Å². The maximum absolute atomic E-state index is 13.9. The van der Waals surface area contributed by atoms with Crippen molar-refractivity contribution in [1.29, 1.82) is 0 Å². The summed E-state index contributed by atoms with van der Waals surface area (Å²) in [7, 11) is 1.87. The van der Waals surface area contributed by atoms with Crippen molar-refractivity contribution in [3.8, 4) is 10.6 Å². The van der Waals surface area contributed by atoms with Gasteiger partial charge in [0.05, 0.1) is 12.2 Å². The lowest BCUT2D eigenvalue weighted by Gasteiger charge is -2.09. The Morgan fingerprint density at radius 1 is 1.36 bits per heavy atom. The minimum Gasteiger partial charge on any atom is -0.353 e. The van der Waals surface area contributed by atoms with Crippen molar-refractivity contribution in [2.24, 2.45) is 7.05 Å². The monoisotopic (exact) mass is 381 g/mol. The van der Waals surface area contributed by atoms with Crippen LogP contribution in [-0.2, 0) is 7.05 Å². The largest absolute Gasteiger partial charge is 0.353 e. The first-order valence-corrected chi connectivity index (χ1v) is 8.18. The van der Waals surface area contributed by atoms with Crippen LogP contribution in [0.5, 0.6) is 0 Å². The van der Waals surface area contributed by atoms with E-state index in [1.807, 2.05) is 20.2 Å². The predicted molar refractivity (Wildman–Crippen MR) is 88.2 cm³/mol. The number of nitrogens with zero attached hydrogens (tertiary/aromatic N) is 4. The van der Waals surface area contributed by atoms with Crippen LogP contribution >= 0.6 is 27.3 Å². The Kier molecular flexibility index (Phi) is 4.21. The first kappa shape index (κ1) is 15.1. The number of anilines is 1. The highest BCUT2D eigenvalue weighted by atomic mass is 79.9. The molecule has 0 bridgehead atoms. The first-order chi connectivity index (χ1) is 10.5. The molecule has 1 aromatic carbocycles. The average Bonchev–Trinajstić information content (AvgIpc) is 3.11.